The highest BCUT2D eigenvalue weighted by molar-refractivity contribution is 9.10. The highest BCUT2D eigenvalue weighted by atomic mass is 79.9. The summed E-state index contributed by atoms with van der Waals surface area (Å²) < 4.78 is 12.5. The summed E-state index contributed by atoms with van der Waals surface area (Å²) in [4.78, 5) is 11.9. The largest absolute Gasteiger partial charge is 0.493 e. The molecule has 0 unspecified atom stereocenters. The van der Waals surface area contributed by atoms with Crippen molar-refractivity contribution >= 4 is 50.8 Å². The molecule has 1 aliphatic heterocycles. The van der Waals surface area contributed by atoms with E-state index in [2.05, 4.69) is 33.4 Å². The van der Waals surface area contributed by atoms with Crippen molar-refractivity contribution in [3.05, 3.63) is 97.5 Å². The minimum Gasteiger partial charge on any atom is -0.493 e. The summed E-state index contributed by atoms with van der Waals surface area (Å²) >= 11 is 16.5. The van der Waals surface area contributed by atoms with Crippen LogP contribution in [-0.2, 0) is 6.61 Å². The average molecular weight is 575 g/mol. The Balaban J connectivity index is 1.51. The molecule has 1 heterocycles. The normalized spacial score (nSPS) is 20.1. The standard InChI is InChI=1S/C27H22BrCl2NO4/c1-34-22-12-15(11-19(28)26(22)35-13-14-5-2-3-8-20(14)29)24-17-7-4-6-16(17)23-18(27(32)33)9-10-21(30)25(23)31-24/h2-6,8-12,16-17,24,31H,7,13H2,1H3,(H,32,33)/t16-,17-,24+/m1/s1. The molecule has 180 valence electrons. The molecule has 0 saturated carbocycles. The SMILES string of the molecule is COc1cc([C@@H]2Nc3c(Cl)ccc(C(=O)O)c3[C@@H]3C=CC[C@H]32)cc(Br)c1OCc1ccccc1Cl. The maximum Gasteiger partial charge on any atom is 0.336 e. The fourth-order valence-corrected chi connectivity index (χ4v) is 6.00. The van der Waals surface area contributed by atoms with Crippen molar-refractivity contribution in [2.24, 2.45) is 5.92 Å². The quantitative estimate of drug-likeness (QED) is 0.293. The van der Waals surface area contributed by atoms with Crippen LogP contribution in [0.3, 0.4) is 0 Å². The monoisotopic (exact) mass is 573 g/mol. The van der Waals surface area contributed by atoms with Crippen LogP contribution in [0.2, 0.25) is 10.0 Å². The zero-order valence-electron chi connectivity index (χ0n) is 18.7. The van der Waals surface area contributed by atoms with Crippen molar-refractivity contribution < 1.29 is 19.4 Å². The Kier molecular flexibility index (Phi) is 6.71. The maximum atomic E-state index is 11.9. The number of nitrogens with one attached hydrogen (secondary N) is 1. The first-order valence-corrected chi connectivity index (χ1v) is 12.7. The molecule has 5 nitrogen and oxygen atoms in total. The number of hydrogen-bond donors (Lipinski definition) is 2. The van der Waals surface area contributed by atoms with Crippen LogP contribution in [0.25, 0.3) is 0 Å². The molecular weight excluding hydrogens is 553 g/mol. The Labute approximate surface area is 221 Å². The van der Waals surface area contributed by atoms with Gasteiger partial charge in [-0.05, 0) is 69.7 Å². The van der Waals surface area contributed by atoms with Gasteiger partial charge in [0.1, 0.15) is 6.61 Å². The molecule has 1 aliphatic carbocycles. The second-order valence-corrected chi connectivity index (χ2v) is 10.2. The number of rotatable bonds is 6. The Morgan fingerprint density at radius 1 is 1.17 bits per heavy atom. The summed E-state index contributed by atoms with van der Waals surface area (Å²) in [7, 11) is 1.60. The van der Waals surface area contributed by atoms with E-state index >= 15 is 0 Å². The third kappa shape index (κ3) is 4.39. The van der Waals surface area contributed by atoms with E-state index in [1.54, 1.807) is 19.2 Å². The Hall–Kier alpha value is -2.67. The Morgan fingerprint density at radius 3 is 2.71 bits per heavy atom. The van der Waals surface area contributed by atoms with Gasteiger partial charge in [-0.2, -0.15) is 0 Å². The number of carbonyl (C=O) groups is 1. The van der Waals surface area contributed by atoms with Crippen molar-refractivity contribution in [2.75, 3.05) is 12.4 Å². The molecule has 3 atom stereocenters. The van der Waals surface area contributed by atoms with E-state index in [1.807, 2.05) is 36.4 Å². The van der Waals surface area contributed by atoms with Crippen LogP contribution in [0.15, 0.2) is 65.2 Å². The van der Waals surface area contributed by atoms with Gasteiger partial charge in [0.15, 0.2) is 11.5 Å². The first kappa shape index (κ1) is 24.0. The summed E-state index contributed by atoms with van der Waals surface area (Å²) in [6, 6.07) is 14.6. The van der Waals surface area contributed by atoms with Crippen LogP contribution in [-0.4, -0.2) is 18.2 Å². The second-order valence-electron chi connectivity index (χ2n) is 8.58. The number of benzene rings is 3. The number of anilines is 1. The zero-order valence-corrected chi connectivity index (χ0v) is 21.8. The van der Waals surface area contributed by atoms with Crippen molar-refractivity contribution in [1.29, 1.82) is 0 Å². The summed E-state index contributed by atoms with van der Waals surface area (Å²) in [6.07, 6.45) is 5.02. The van der Waals surface area contributed by atoms with Gasteiger partial charge in [-0.1, -0.05) is 53.6 Å². The van der Waals surface area contributed by atoms with E-state index in [0.29, 0.717) is 33.8 Å². The number of allylic oxidation sites excluding steroid dienone is 2. The minimum absolute atomic E-state index is 0.0537. The molecule has 5 rings (SSSR count). The van der Waals surface area contributed by atoms with Crippen LogP contribution in [0.4, 0.5) is 5.69 Å². The van der Waals surface area contributed by atoms with Gasteiger partial charge in [0, 0.05) is 16.5 Å². The van der Waals surface area contributed by atoms with Crippen LogP contribution < -0.4 is 14.8 Å². The predicted octanol–water partition coefficient (Wildman–Crippen LogP) is 7.87. The summed E-state index contributed by atoms with van der Waals surface area (Å²) in [6.45, 7) is 0.297. The minimum atomic E-state index is -0.957. The van der Waals surface area contributed by atoms with Crippen molar-refractivity contribution in [3.63, 3.8) is 0 Å². The summed E-state index contributed by atoms with van der Waals surface area (Å²) in [5.41, 5.74) is 3.55. The third-order valence-corrected chi connectivity index (χ3v) is 7.91. The molecule has 3 aromatic carbocycles. The van der Waals surface area contributed by atoms with Crippen molar-refractivity contribution in [1.82, 2.24) is 0 Å². The van der Waals surface area contributed by atoms with E-state index in [4.69, 9.17) is 32.7 Å². The first-order chi connectivity index (χ1) is 16.9. The molecule has 0 aromatic heterocycles. The fourth-order valence-electron chi connectivity index (χ4n) is 5.02. The predicted molar refractivity (Wildman–Crippen MR) is 141 cm³/mol. The van der Waals surface area contributed by atoms with Gasteiger partial charge >= 0.3 is 5.97 Å². The number of ether oxygens (including phenoxy) is 2. The molecule has 0 amide bonds. The van der Waals surface area contributed by atoms with E-state index in [0.717, 1.165) is 27.6 Å². The van der Waals surface area contributed by atoms with Crippen molar-refractivity contribution in [3.8, 4) is 11.5 Å². The molecule has 0 radical (unpaired) electrons. The molecule has 0 fully saturated rings. The van der Waals surface area contributed by atoms with Crippen LogP contribution in [0, 0.1) is 5.92 Å². The highest BCUT2D eigenvalue weighted by Gasteiger charge is 2.41. The molecular formula is C27H22BrCl2NO4. The topological polar surface area (TPSA) is 67.8 Å². The lowest BCUT2D eigenvalue weighted by molar-refractivity contribution is 0.0695. The second kappa shape index (κ2) is 9.76. The number of methoxy groups -OCH3 is 1. The lowest BCUT2D eigenvalue weighted by atomic mass is 9.75. The number of halogens is 3. The highest BCUT2D eigenvalue weighted by Crippen LogP contribution is 2.53. The molecule has 0 saturated heterocycles. The fraction of sp³-hybridized carbons (Fsp3) is 0.222. The molecule has 0 bridgehead atoms. The van der Waals surface area contributed by atoms with E-state index in [9.17, 15) is 9.90 Å². The van der Waals surface area contributed by atoms with Crippen LogP contribution >= 0.6 is 39.1 Å². The number of fused-ring (bicyclic) bond motifs is 3. The van der Waals surface area contributed by atoms with Crippen molar-refractivity contribution in [2.45, 2.75) is 25.0 Å². The number of carboxylic acids is 1. The molecule has 2 aliphatic rings. The zero-order chi connectivity index (χ0) is 24.7. The number of hydrogen-bond acceptors (Lipinski definition) is 4. The van der Waals surface area contributed by atoms with Crippen LogP contribution in [0.1, 0.15) is 45.4 Å². The van der Waals surface area contributed by atoms with Gasteiger partial charge in [0.05, 0.1) is 33.9 Å². The van der Waals surface area contributed by atoms with Gasteiger partial charge in [0.2, 0.25) is 0 Å². The van der Waals surface area contributed by atoms with Gasteiger partial charge in [-0.25, -0.2) is 4.79 Å². The van der Waals surface area contributed by atoms with Gasteiger partial charge in [-0.3, -0.25) is 0 Å². The van der Waals surface area contributed by atoms with E-state index < -0.39 is 5.97 Å². The number of aromatic carboxylic acids is 1. The molecule has 35 heavy (non-hydrogen) atoms. The van der Waals surface area contributed by atoms with Gasteiger partial charge in [0.25, 0.3) is 0 Å². The third-order valence-electron chi connectivity index (χ3n) is 6.64. The molecule has 3 aromatic rings. The summed E-state index contributed by atoms with van der Waals surface area (Å²) in [5, 5.41) is 14.5. The molecule has 8 heteroatoms. The average Bonchev–Trinajstić information content (AvgIpc) is 3.33. The lowest BCUT2D eigenvalue weighted by Gasteiger charge is -2.38. The summed E-state index contributed by atoms with van der Waals surface area (Å²) in [5.74, 6) is 0.288. The smallest absolute Gasteiger partial charge is 0.336 e. The van der Waals surface area contributed by atoms with Crippen LogP contribution in [0.5, 0.6) is 11.5 Å². The molecule has 0 spiro atoms. The number of carboxylic acid groups (broad SMARTS) is 1. The van der Waals surface area contributed by atoms with E-state index in [1.165, 1.54) is 0 Å². The Morgan fingerprint density at radius 2 is 1.97 bits per heavy atom. The maximum absolute atomic E-state index is 11.9. The lowest BCUT2D eigenvalue weighted by Crippen LogP contribution is -2.30. The molecule has 2 N–H and O–H groups in total. The van der Waals surface area contributed by atoms with Gasteiger partial charge in [-0.15, -0.1) is 0 Å². The Bertz CT molecular complexity index is 1340. The first-order valence-electron chi connectivity index (χ1n) is 11.1. The van der Waals surface area contributed by atoms with Gasteiger partial charge < -0.3 is 19.9 Å². The van der Waals surface area contributed by atoms with E-state index in [-0.39, 0.29) is 23.4 Å².